The molecule has 22 heavy (non-hydrogen) atoms. The van der Waals surface area contributed by atoms with Gasteiger partial charge in [0.15, 0.2) is 0 Å². The highest BCUT2D eigenvalue weighted by Crippen LogP contribution is 2.32. The maximum Gasteiger partial charge on any atom is 0.258 e. The van der Waals surface area contributed by atoms with E-state index in [0.29, 0.717) is 22.6 Å². The summed E-state index contributed by atoms with van der Waals surface area (Å²) in [4.78, 5) is 14.6. The Kier molecular flexibility index (Phi) is 4.07. The van der Waals surface area contributed by atoms with Crippen LogP contribution in [0.1, 0.15) is 23.7 Å². The van der Waals surface area contributed by atoms with E-state index >= 15 is 0 Å². The number of anilines is 2. The Balaban J connectivity index is 1.99. The highest BCUT2D eigenvalue weighted by Gasteiger charge is 2.24. The fourth-order valence-corrected chi connectivity index (χ4v) is 2.87. The number of phenolic OH excluding ortho intramolecular Hbond substituents is 1. The number of nitrogens with zero attached hydrogens (tertiary/aromatic N) is 1. The summed E-state index contributed by atoms with van der Waals surface area (Å²) in [6, 6.07) is 13.0. The van der Waals surface area contributed by atoms with Gasteiger partial charge in [0.1, 0.15) is 5.75 Å². The van der Waals surface area contributed by atoms with Crippen molar-refractivity contribution in [2.24, 2.45) is 0 Å². The van der Waals surface area contributed by atoms with E-state index < -0.39 is 0 Å². The molecule has 0 unspecified atom stereocenters. The maximum atomic E-state index is 12.9. The molecule has 2 N–H and O–H groups in total. The van der Waals surface area contributed by atoms with Crippen LogP contribution in [0.2, 0.25) is 0 Å². The Morgan fingerprint density at radius 2 is 2.09 bits per heavy atom. The molecule has 0 saturated heterocycles. The highest BCUT2D eigenvalue weighted by molar-refractivity contribution is 9.10. The quantitative estimate of drug-likeness (QED) is 0.807. The first kappa shape index (κ1) is 14.9. The number of amides is 1. The van der Waals surface area contributed by atoms with Gasteiger partial charge in [-0.15, -0.1) is 0 Å². The van der Waals surface area contributed by atoms with E-state index in [4.69, 9.17) is 0 Å². The minimum atomic E-state index is -0.105. The van der Waals surface area contributed by atoms with Crippen LogP contribution in [0.25, 0.3) is 0 Å². The molecule has 0 spiro atoms. The third-order valence-electron chi connectivity index (χ3n) is 3.82. The Hall–Kier alpha value is -2.01. The molecule has 0 fully saturated rings. The average Bonchev–Trinajstić information content (AvgIpc) is 2.67. The lowest BCUT2D eigenvalue weighted by molar-refractivity contribution is 0.0986. The second-order valence-electron chi connectivity index (χ2n) is 5.47. The van der Waals surface area contributed by atoms with Crippen molar-refractivity contribution in [3.8, 4) is 5.75 Å². The lowest BCUT2D eigenvalue weighted by atomic mass is 10.1. The van der Waals surface area contributed by atoms with Crippen LogP contribution in [-0.2, 0) is 0 Å². The zero-order chi connectivity index (χ0) is 15.7. The molecule has 0 aromatic heterocycles. The van der Waals surface area contributed by atoms with Gasteiger partial charge in [0.2, 0.25) is 0 Å². The molecule has 0 aliphatic carbocycles. The molecule has 1 amide bonds. The third kappa shape index (κ3) is 2.81. The van der Waals surface area contributed by atoms with Gasteiger partial charge in [-0.05, 0) is 59.6 Å². The summed E-state index contributed by atoms with van der Waals surface area (Å²) in [6.07, 6.45) is 0.864. The summed E-state index contributed by atoms with van der Waals surface area (Å²) in [7, 11) is 0. The molecule has 5 heteroatoms. The van der Waals surface area contributed by atoms with E-state index in [0.717, 1.165) is 17.8 Å². The Labute approximate surface area is 137 Å². The molecule has 0 bridgehead atoms. The van der Waals surface area contributed by atoms with E-state index in [1.165, 1.54) is 6.07 Å². The molecule has 1 aliphatic heterocycles. The number of halogens is 1. The number of para-hydroxylation sites is 2. The van der Waals surface area contributed by atoms with Crippen LogP contribution in [-0.4, -0.2) is 23.6 Å². The number of phenols is 1. The summed E-state index contributed by atoms with van der Waals surface area (Å²) in [5, 5.41) is 13.2. The van der Waals surface area contributed by atoms with E-state index in [9.17, 15) is 9.90 Å². The van der Waals surface area contributed by atoms with Gasteiger partial charge in [-0.3, -0.25) is 4.79 Å². The van der Waals surface area contributed by atoms with Gasteiger partial charge >= 0.3 is 0 Å². The predicted molar refractivity (Wildman–Crippen MR) is 91.6 cm³/mol. The summed E-state index contributed by atoms with van der Waals surface area (Å²) in [6.45, 7) is 2.75. The molecular weight excluding hydrogens is 344 g/mol. The van der Waals surface area contributed by atoms with Crippen molar-refractivity contribution in [2.45, 2.75) is 19.4 Å². The molecule has 2 aromatic carbocycles. The average molecular weight is 361 g/mol. The number of carbonyl (C=O) groups excluding carboxylic acids is 1. The van der Waals surface area contributed by atoms with Crippen molar-refractivity contribution in [3.63, 3.8) is 0 Å². The minimum Gasteiger partial charge on any atom is -0.507 e. The van der Waals surface area contributed by atoms with Gasteiger partial charge in [-0.2, -0.15) is 0 Å². The number of benzene rings is 2. The number of fused-ring (bicyclic) bond motifs is 1. The predicted octanol–water partition coefficient (Wildman–Crippen LogP) is 4.01. The summed E-state index contributed by atoms with van der Waals surface area (Å²) in [5.74, 6) is -0.0356. The summed E-state index contributed by atoms with van der Waals surface area (Å²) < 4.78 is 0.579. The molecule has 114 valence electrons. The summed E-state index contributed by atoms with van der Waals surface area (Å²) in [5.41, 5.74) is 2.31. The van der Waals surface area contributed by atoms with Crippen molar-refractivity contribution in [3.05, 3.63) is 52.5 Å². The van der Waals surface area contributed by atoms with Gasteiger partial charge in [0, 0.05) is 18.2 Å². The zero-order valence-electron chi connectivity index (χ0n) is 12.2. The van der Waals surface area contributed by atoms with Crippen molar-refractivity contribution in [1.82, 2.24) is 0 Å². The Morgan fingerprint density at radius 3 is 2.86 bits per heavy atom. The van der Waals surface area contributed by atoms with E-state index in [2.05, 4.69) is 28.2 Å². The van der Waals surface area contributed by atoms with E-state index in [1.807, 2.05) is 24.3 Å². The van der Waals surface area contributed by atoms with Crippen LogP contribution in [0, 0.1) is 0 Å². The Morgan fingerprint density at radius 1 is 1.32 bits per heavy atom. The second-order valence-corrected chi connectivity index (χ2v) is 6.33. The molecule has 0 radical (unpaired) electrons. The maximum absolute atomic E-state index is 12.9. The zero-order valence-corrected chi connectivity index (χ0v) is 13.8. The molecule has 2 aromatic rings. The SMILES string of the molecule is C[C@@H]1CCN(C(=O)c2ccc(Br)c(O)c2)c2ccccc2N1. The number of rotatable bonds is 1. The molecule has 0 saturated carbocycles. The lowest BCUT2D eigenvalue weighted by Gasteiger charge is -2.22. The molecule has 1 aliphatic rings. The number of aromatic hydroxyl groups is 1. The van der Waals surface area contributed by atoms with Crippen LogP contribution in [0.3, 0.4) is 0 Å². The van der Waals surface area contributed by atoms with Crippen LogP contribution < -0.4 is 10.2 Å². The van der Waals surface area contributed by atoms with Crippen molar-refractivity contribution in [1.29, 1.82) is 0 Å². The fraction of sp³-hybridized carbons (Fsp3) is 0.235. The van der Waals surface area contributed by atoms with Crippen LogP contribution in [0.15, 0.2) is 46.9 Å². The topological polar surface area (TPSA) is 52.6 Å². The van der Waals surface area contributed by atoms with Crippen LogP contribution >= 0.6 is 15.9 Å². The minimum absolute atomic E-state index is 0.0699. The molecular formula is C17H17BrN2O2. The first-order chi connectivity index (χ1) is 10.6. The van der Waals surface area contributed by atoms with Crippen LogP contribution in [0.5, 0.6) is 5.75 Å². The smallest absolute Gasteiger partial charge is 0.258 e. The number of hydrogen-bond acceptors (Lipinski definition) is 3. The van der Waals surface area contributed by atoms with Crippen molar-refractivity contribution in [2.75, 3.05) is 16.8 Å². The largest absolute Gasteiger partial charge is 0.507 e. The molecule has 1 heterocycles. The van der Waals surface area contributed by atoms with Crippen molar-refractivity contribution >= 4 is 33.2 Å². The van der Waals surface area contributed by atoms with Gasteiger partial charge in [0.05, 0.1) is 15.8 Å². The fourth-order valence-electron chi connectivity index (χ4n) is 2.62. The van der Waals surface area contributed by atoms with E-state index in [-0.39, 0.29) is 11.7 Å². The van der Waals surface area contributed by atoms with Crippen molar-refractivity contribution < 1.29 is 9.90 Å². The van der Waals surface area contributed by atoms with E-state index in [1.54, 1.807) is 17.0 Å². The molecule has 1 atom stereocenters. The number of nitrogens with one attached hydrogen (secondary N) is 1. The Bertz CT molecular complexity index is 718. The second kappa shape index (κ2) is 6.01. The normalized spacial score (nSPS) is 17.4. The first-order valence-corrected chi connectivity index (χ1v) is 8.01. The van der Waals surface area contributed by atoms with Gasteiger partial charge < -0.3 is 15.3 Å². The van der Waals surface area contributed by atoms with Gasteiger partial charge in [-0.1, -0.05) is 12.1 Å². The standard InChI is InChI=1S/C17H17BrN2O2/c1-11-8-9-20(15-5-3-2-4-14(15)19-11)17(22)12-6-7-13(18)16(21)10-12/h2-7,10-11,19,21H,8-9H2,1H3/t11-/m1/s1. The molecule has 4 nitrogen and oxygen atoms in total. The monoisotopic (exact) mass is 360 g/mol. The molecule has 3 rings (SSSR count). The lowest BCUT2D eigenvalue weighted by Crippen LogP contribution is -2.32. The number of hydrogen-bond donors (Lipinski definition) is 2. The van der Waals surface area contributed by atoms with Crippen LogP contribution in [0.4, 0.5) is 11.4 Å². The summed E-state index contributed by atoms with van der Waals surface area (Å²) >= 11 is 3.24. The number of carbonyl (C=O) groups is 1. The first-order valence-electron chi connectivity index (χ1n) is 7.22. The van der Waals surface area contributed by atoms with Gasteiger partial charge in [0.25, 0.3) is 5.91 Å². The third-order valence-corrected chi connectivity index (χ3v) is 4.49. The van der Waals surface area contributed by atoms with Gasteiger partial charge in [-0.25, -0.2) is 0 Å². The highest BCUT2D eigenvalue weighted by atomic mass is 79.9.